The number of benzene rings is 1. The maximum absolute atomic E-state index is 10.6. The Morgan fingerprint density at radius 3 is 2.87 bits per heavy atom. The van der Waals surface area contributed by atoms with Crippen LogP contribution in [0.4, 0.5) is 4.79 Å². The average molecular weight is 241 g/mol. The fraction of sp³-hybridized carbons (Fsp3) is 0.100. The second-order valence-corrected chi connectivity index (χ2v) is 5.33. The molecule has 0 aromatic heterocycles. The lowest BCUT2D eigenvalue weighted by Gasteiger charge is -2.11. The Bertz CT molecular complexity index is 425. The molecule has 0 aliphatic rings. The van der Waals surface area contributed by atoms with Crippen LogP contribution in [0, 0.1) is 12.3 Å². The Kier molecular flexibility index (Phi) is 3.78. The average Bonchev–Trinajstić information content (AvgIpc) is 2.20. The Morgan fingerprint density at radius 2 is 2.33 bits per heavy atom. The molecular formula is C10H9ClO3Si. The van der Waals surface area contributed by atoms with Crippen molar-refractivity contribution in [1.82, 2.24) is 0 Å². The molecular weight excluding hydrogens is 232 g/mol. The lowest BCUT2D eigenvalue weighted by molar-refractivity contribution is 0.216. The molecule has 15 heavy (non-hydrogen) atoms. The van der Waals surface area contributed by atoms with Crippen LogP contribution in [-0.4, -0.2) is 19.7 Å². The van der Waals surface area contributed by atoms with Crippen LogP contribution in [0.3, 0.4) is 0 Å². The number of hydrogen-bond donors (Lipinski definition) is 1. The van der Waals surface area contributed by atoms with Gasteiger partial charge in [0.05, 0.1) is 5.56 Å². The third-order valence-electron chi connectivity index (χ3n) is 1.75. The minimum absolute atomic E-state index is 0.406. The predicted octanol–water partition coefficient (Wildman–Crippen LogP) is 2.31. The number of terminal acetylenes is 1. The molecule has 0 spiro atoms. The van der Waals surface area contributed by atoms with Gasteiger partial charge in [0.1, 0.15) is 5.75 Å². The molecule has 0 unspecified atom stereocenters. The monoisotopic (exact) mass is 240 g/mol. The minimum atomic E-state index is -2.28. The molecule has 5 heteroatoms. The fourth-order valence-corrected chi connectivity index (χ4v) is 1.82. The summed E-state index contributed by atoms with van der Waals surface area (Å²) in [5.74, 6) is 2.81. The van der Waals surface area contributed by atoms with Crippen molar-refractivity contribution in [2.75, 3.05) is 0 Å². The molecule has 78 valence electrons. The van der Waals surface area contributed by atoms with Gasteiger partial charge < -0.3 is 9.53 Å². The van der Waals surface area contributed by atoms with E-state index in [4.69, 9.17) is 27.6 Å². The third kappa shape index (κ3) is 3.01. The predicted molar refractivity (Wildman–Crippen MR) is 61.1 cm³/mol. The molecule has 1 atom stereocenters. The van der Waals surface area contributed by atoms with Crippen LogP contribution in [0.2, 0.25) is 11.6 Å². The van der Waals surface area contributed by atoms with E-state index in [2.05, 4.69) is 5.92 Å². The standard InChI is InChI=1S/C10H9ClO3Si/c1-3-7-6-8(11)4-5-9(7)14-15(2)10(12)13/h1,4-6,15H,2H3,(H,12,13)/t15-/m0/s1. The Labute approximate surface area is 94.4 Å². The highest BCUT2D eigenvalue weighted by Gasteiger charge is 2.17. The topological polar surface area (TPSA) is 46.5 Å². The minimum Gasteiger partial charge on any atom is -0.533 e. The first-order chi connectivity index (χ1) is 7.04. The van der Waals surface area contributed by atoms with Gasteiger partial charge in [0.2, 0.25) is 0 Å². The van der Waals surface area contributed by atoms with Crippen LogP contribution in [0.25, 0.3) is 0 Å². The van der Waals surface area contributed by atoms with E-state index < -0.39 is 14.6 Å². The summed E-state index contributed by atoms with van der Waals surface area (Å²) in [5.41, 5.74) is -0.434. The van der Waals surface area contributed by atoms with E-state index in [0.29, 0.717) is 16.3 Å². The summed E-state index contributed by atoms with van der Waals surface area (Å²) in [6, 6.07) is 4.77. The Morgan fingerprint density at radius 1 is 1.67 bits per heavy atom. The van der Waals surface area contributed by atoms with E-state index in [9.17, 15) is 4.79 Å². The zero-order valence-electron chi connectivity index (χ0n) is 8.03. The summed E-state index contributed by atoms with van der Waals surface area (Å²) in [6.45, 7) is 1.57. The quantitative estimate of drug-likeness (QED) is 0.652. The number of carboxylic acid groups (broad SMARTS) is 1. The van der Waals surface area contributed by atoms with Crippen LogP contribution in [0.5, 0.6) is 5.75 Å². The molecule has 3 nitrogen and oxygen atoms in total. The molecule has 0 bridgehead atoms. The van der Waals surface area contributed by atoms with Crippen molar-refractivity contribution in [1.29, 1.82) is 0 Å². The Balaban J connectivity index is 2.96. The van der Waals surface area contributed by atoms with E-state index in [0.717, 1.165) is 0 Å². The summed E-state index contributed by atoms with van der Waals surface area (Å²) >= 11 is 5.74. The Hall–Kier alpha value is -1.44. The van der Waals surface area contributed by atoms with Crippen molar-refractivity contribution in [3.63, 3.8) is 0 Å². The van der Waals surface area contributed by atoms with Crippen molar-refractivity contribution >= 4 is 26.2 Å². The van der Waals surface area contributed by atoms with E-state index in [1.807, 2.05) is 0 Å². The highest BCUT2D eigenvalue weighted by Crippen LogP contribution is 2.22. The largest absolute Gasteiger partial charge is 0.533 e. The number of rotatable bonds is 3. The maximum Gasteiger partial charge on any atom is 0.354 e. The summed E-state index contributed by atoms with van der Waals surface area (Å²) in [7, 11) is -2.28. The molecule has 0 aliphatic carbocycles. The highest BCUT2D eigenvalue weighted by molar-refractivity contribution is 6.82. The summed E-state index contributed by atoms with van der Waals surface area (Å²) in [5, 5.41) is 9.22. The van der Waals surface area contributed by atoms with Gasteiger partial charge in [-0.1, -0.05) is 17.5 Å². The molecule has 0 heterocycles. The smallest absolute Gasteiger partial charge is 0.354 e. The van der Waals surface area contributed by atoms with Crippen molar-refractivity contribution in [2.24, 2.45) is 0 Å². The van der Waals surface area contributed by atoms with Crippen molar-refractivity contribution < 1.29 is 14.3 Å². The van der Waals surface area contributed by atoms with E-state index in [-0.39, 0.29) is 0 Å². The normalized spacial score (nSPS) is 11.5. The lowest BCUT2D eigenvalue weighted by atomic mass is 10.2. The van der Waals surface area contributed by atoms with Crippen LogP contribution < -0.4 is 4.43 Å². The van der Waals surface area contributed by atoms with Crippen LogP contribution in [-0.2, 0) is 0 Å². The van der Waals surface area contributed by atoms with E-state index in [1.54, 1.807) is 24.7 Å². The summed E-state index contributed by atoms with van der Waals surface area (Å²) in [4.78, 5) is 10.6. The van der Waals surface area contributed by atoms with Crippen molar-refractivity contribution in [3.05, 3.63) is 28.8 Å². The summed E-state index contributed by atoms with van der Waals surface area (Å²) in [6.07, 6.45) is 5.25. The molecule has 0 saturated carbocycles. The van der Waals surface area contributed by atoms with Gasteiger partial charge in [0.25, 0.3) is 0 Å². The van der Waals surface area contributed by atoms with Gasteiger partial charge in [-0.25, -0.2) is 0 Å². The number of carbonyl (C=O) groups is 1. The molecule has 0 fully saturated rings. The van der Waals surface area contributed by atoms with Gasteiger partial charge in [-0.3, -0.25) is 4.79 Å². The molecule has 1 aromatic carbocycles. The second-order valence-electron chi connectivity index (χ2n) is 2.88. The number of halogens is 1. The van der Waals surface area contributed by atoms with E-state index >= 15 is 0 Å². The third-order valence-corrected chi connectivity index (χ3v) is 3.29. The highest BCUT2D eigenvalue weighted by atomic mass is 35.5. The molecule has 1 N–H and O–H groups in total. The second kappa shape index (κ2) is 4.87. The molecule has 1 rings (SSSR count). The molecule has 0 amide bonds. The van der Waals surface area contributed by atoms with Gasteiger partial charge in [0, 0.05) is 5.02 Å². The van der Waals surface area contributed by atoms with Gasteiger partial charge in [0.15, 0.2) is 0 Å². The molecule has 1 aromatic rings. The van der Waals surface area contributed by atoms with Gasteiger partial charge in [-0.2, -0.15) is 0 Å². The molecule has 0 radical (unpaired) electrons. The first kappa shape index (κ1) is 11.6. The van der Waals surface area contributed by atoms with Crippen LogP contribution >= 0.6 is 11.6 Å². The zero-order valence-corrected chi connectivity index (χ0v) is 9.94. The molecule has 0 saturated heterocycles. The lowest BCUT2D eigenvalue weighted by Crippen LogP contribution is -2.27. The SMILES string of the molecule is C#Cc1cc(Cl)ccc1O[Si@@H](C)C(=O)O. The first-order valence-electron chi connectivity index (χ1n) is 4.20. The fourth-order valence-electron chi connectivity index (χ4n) is 0.959. The van der Waals surface area contributed by atoms with Crippen LogP contribution in [0.1, 0.15) is 5.56 Å². The van der Waals surface area contributed by atoms with Crippen LogP contribution in [0.15, 0.2) is 18.2 Å². The summed E-state index contributed by atoms with van der Waals surface area (Å²) < 4.78 is 5.29. The molecule has 0 aliphatic heterocycles. The van der Waals surface area contributed by atoms with Gasteiger partial charge >= 0.3 is 14.6 Å². The first-order valence-corrected chi connectivity index (χ1v) is 6.78. The van der Waals surface area contributed by atoms with Crippen molar-refractivity contribution in [2.45, 2.75) is 6.55 Å². The van der Waals surface area contributed by atoms with E-state index in [1.165, 1.54) is 0 Å². The zero-order chi connectivity index (χ0) is 11.4. The maximum atomic E-state index is 10.6. The van der Waals surface area contributed by atoms with Gasteiger partial charge in [-0.15, -0.1) is 6.42 Å². The number of hydrogen-bond acceptors (Lipinski definition) is 2. The van der Waals surface area contributed by atoms with Crippen molar-refractivity contribution in [3.8, 4) is 18.1 Å². The van der Waals surface area contributed by atoms with Gasteiger partial charge in [-0.05, 0) is 24.7 Å².